The van der Waals surface area contributed by atoms with Crippen LogP contribution in [-0.2, 0) is 0 Å². The summed E-state index contributed by atoms with van der Waals surface area (Å²) in [7, 11) is 1.36. The highest BCUT2D eigenvalue weighted by molar-refractivity contribution is 5.78. The van der Waals surface area contributed by atoms with Gasteiger partial charge in [-0.1, -0.05) is 0 Å². The first-order chi connectivity index (χ1) is 14.9. The smallest absolute Gasteiger partial charge is 0.417 e. The number of ether oxygens (including phenoxy) is 2. The van der Waals surface area contributed by atoms with Crippen molar-refractivity contribution in [1.82, 2.24) is 15.0 Å². The normalized spacial score (nSPS) is 11.0. The van der Waals surface area contributed by atoms with Crippen molar-refractivity contribution in [2.75, 3.05) is 17.7 Å². The molecule has 0 saturated heterocycles. The average molecular weight is 429 g/mol. The molecule has 0 amide bonds. The Bertz CT molecular complexity index is 1290. The van der Waals surface area contributed by atoms with Crippen LogP contribution in [0.1, 0.15) is 5.56 Å². The summed E-state index contributed by atoms with van der Waals surface area (Å²) < 4.78 is 39.8. The highest BCUT2D eigenvalue weighted by Crippen LogP contribution is 2.32. The Morgan fingerprint density at radius 3 is 2.65 bits per heavy atom. The van der Waals surface area contributed by atoms with Crippen molar-refractivity contribution >= 4 is 34.2 Å². The van der Waals surface area contributed by atoms with E-state index in [0.29, 0.717) is 28.3 Å². The molecule has 2 heterocycles. The van der Waals surface area contributed by atoms with E-state index >= 15 is 0 Å². The summed E-state index contributed by atoms with van der Waals surface area (Å²) in [6, 6.07) is 9.60. The van der Waals surface area contributed by atoms with Crippen molar-refractivity contribution in [1.29, 1.82) is 0 Å². The number of aromatic nitrogens is 3. The molecule has 0 atom stereocenters. The number of rotatable bonds is 7. The maximum atomic E-state index is 12.6. The predicted molar refractivity (Wildman–Crippen MR) is 110 cm³/mol. The molecule has 11 heteroatoms. The first-order valence-corrected chi connectivity index (χ1v) is 9.04. The van der Waals surface area contributed by atoms with Crippen LogP contribution in [0.4, 0.5) is 31.9 Å². The van der Waals surface area contributed by atoms with Crippen LogP contribution in [-0.4, -0.2) is 28.7 Å². The number of anilines is 4. The lowest BCUT2D eigenvalue weighted by atomic mass is 10.2. The number of H-pyrrole nitrogens is 1. The Hall–Kier alpha value is -4.15. The molecule has 0 saturated carbocycles. The van der Waals surface area contributed by atoms with E-state index in [4.69, 9.17) is 9.15 Å². The SMILES string of the molecule is COc1ccc(Nc2ncc(C)c(Nc3ccc4oc(=O)[nH]c4c3)n2)cc1OC(F)F. The fourth-order valence-corrected chi connectivity index (χ4v) is 2.87. The topological polar surface area (TPSA) is 114 Å². The van der Waals surface area contributed by atoms with Crippen LogP contribution < -0.4 is 25.9 Å². The number of fused-ring (bicyclic) bond motifs is 1. The van der Waals surface area contributed by atoms with Crippen molar-refractivity contribution in [3.8, 4) is 11.5 Å². The average Bonchev–Trinajstić information content (AvgIpc) is 3.09. The molecule has 0 aliphatic carbocycles. The van der Waals surface area contributed by atoms with Crippen molar-refractivity contribution in [3.63, 3.8) is 0 Å². The number of nitrogens with one attached hydrogen (secondary N) is 3. The van der Waals surface area contributed by atoms with E-state index in [9.17, 15) is 13.6 Å². The summed E-state index contributed by atoms with van der Waals surface area (Å²) in [5.74, 6) is 0.270. The minimum atomic E-state index is -2.99. The van der Waals surface area contributed by atoms with Crippen LogP contribution in [0.5, 0.6) is 11.5 Å². The second kappa shape index (κ2) is 8.30. The van der Waals surface area contributed by atoms with Gasteiger partial charge >= 0.3 is 12.4 Å². The van der Waals surface area contributed by atoms with Gasteiger partial charge in [-0.2, -0.15) is 13.8 Å². The van der Waals surface area contributed by atoms with Gasteiger partial charge in [-0.25, -0.2) is 9.78 Å². The molecule has 0 aliphatic heterocycles. The van der Waals surface area contributed by atoms with Crippen molar-refractivity contribution in [2.45, 2.75) is 13.5 Å². The first kappa shape index (κ1) is 20.1. The van der Waals surface area contributed by atoms with E-state index in [-0.39, 0.29) is 17.4 Å². The largest absolute Gasteiger partial charge is 0.493 e. The molecule has 2 aromatic heterocycles. The molecule has 160 valence electrons. The Morgan fingerprint density at radius 1 is 1.10 bits per heavy atom. The number of methoxy groups -OCH3 is 1. The number of hydrogen-bond acceptors (Lipinski definition) is 8. The van der Waals surface area contributed by atoms with Gasteiger partial charge in [-0.05, 0) is 37.3 Å². The van der Waals surface area contributed by atoms with Crippen molar-refractivity contribution in [3.05, 3.63) is 58.7 Å². The number of alkyl halides is 2. The molecule has 4 aromatic rings. The quantitative estimate of drug-likeness (QED) is 0.398. The minimum Gasteiger partial charge on any atom is -0.493 e. The number of oxazole rings is 1. The molecule has 31 heavy (non-hydrogen) atoms. The van der Waals surface area contributed by atoms with Gasteiger partial charge in [-0.15, -0.1) is 0 Å². The zero-order valence-electron chi connectivity index (χ0n) is 16.4. The highest BCUT2D eigenvalue weighted by Gasteiger charge is 2.13. The summed E-state index contributed by atoms with van der Waals surface area (Å²) in [5.41, 5.74) is 2.87. The van der Waals surface area contributed by atoms with E-state index in [1.54, 1.807) is 30.5 Å². The first-order valence-electron chi connectivity index (χ1n) is 9.04. The minimum absolute atomic E-state index is 0.115. The lowest BCUT2D eigenvalue weighted by Crippen LogP contribution is -2.05. The Kier molecular flexibility index (Phi) is 5.39. The molecule has 9 nitrogen and oxygen atoms in total. The number of benzene rings is 2. The van der Waals surface area contributed by atoms with Gasteiger partial charge in [0.15, 0.2) is 17.1 Å². The lowest BCUT2D eigenvalue weighted by molar-refractivity contribution is -0.0511. The summed E-state index contributed by atoms with van der Waals surface area (Å²) in [6.45, 7) is -1.16. The summed E-state index contributed by atoms with van der Waals surface area (Å²) in [5, 5.41) is 6.11. The van der Waals surface area contributed by atoms with Crippen LogP contribution in [0.15, 0.2) is 51.8 Å². The number of aromatic amines is 1. The van der Waals surface area contributed by atoms with E-state index in [0.717, 1.165) is 5.56 Å². The highest BCUT2D eigenvalue weighted by atomic mass is 19.3. The maximum Gasteiger partial charge on any atom is 0.417 e. The zero-order valence-corrected chi connectivity index (χ0v) is 16.4. The molecule has 0 aliphatic rings. The summed E-state index contributed by atoms with van der Waals surface area (Å²) in [4.78, 5) is 22.6. The third-order valence-electron chi connectivity index (χ3n) is 4.29. The number of hydrogen-bond donors (Lipinski definition) is 3. The van der Waals surface area contributed by atoms with Gasteiger partial charge in [0.2, 0.25) is 5.95 Å². The van der Waals surface area contributed by atoms with Crippen LogP contribution in [0, 0.1) is 6.92 Å². The number of aryl methyl sites for hydroxylation is 1. The van der Waals surface area contributed by atoms with Crippen LogP contribution in [0.3, 0.4) is 0 Å². The van der Waals surface area contributed by atoms with Gasteiger partial charge in [0.1, 0.15) is 5.82 Å². The monoisotopic (exact) mass is 429 g/mol. The number of halogens is 2. The molecule has 2 aromatic carbocycles. The molecule has 0 unspecified atom stereocenters. The van der Waals surface area contributed by atoms with Crippen LogP contribution >= 0.6 is 0 Å². The van der Waals surface area contributed by atoms with E-state index in [1.165, 1.54) is 19.2 Å². The zero-order chi connectivity index (χ0) is 22.0. The third kappa shape index (κ3) is 4.55. The van der Waals surface area contributed by atoms with Gasteiger partial charge in [0.25, 0.3) is 0 Å². The van der Waals surface area contributed by atoms with Gasteiger partial charge in [0, 0.05) is 29.2 Å². The van der Waals surface area contributed by atoms with E-state index in [1.807, 2.05) is 6.92 Å². The maximum absolute atomic E-state index is 12.6. The Balaban J connectivity index is 1.58. The molecule has 0 bridgehead atoms. The molecule has 0 radical (unpaired) electrons. The lowest BCUT2D eigenvalue weighted by Gasteiger charge is -2.13. The Labute approximate surface area is 174 Å². The standard InChI is InChI=1S/C20H17F2N5O4/c1-10-9-23-19(25-12-4-6-15(29-2)16(8-12)30-18(21)22)27-17(10)24-11-3-5-14-13(7-11)26-20(28)31-14/h3-9,18H,1-2H3,(H,26,28)(H2,23,24,25,27). The summed E-state index contributed by atoms with van der Waals surface area (Å²) >= 11 is 0. The molecule has 3 N–H and O–H groups in total. The fraction of sp³-hybridized carbons (Fsp3) is 0.150. The third-order valence-corrected chi connectivity index (χ3v) is 4.29. The van der Waals surface area contributed by atoms with E-state index in [2.05, 4.69) is 30.3 Å². The Morgan fingerprint density at radius 2 is 1.87 bits per heavy atom. The summed E-state index contributed by atoms with van der Waals surface area (Å²) in [6.07, 6.45) is 1.61. The fourth-order valence-electron chi connectivity index (χ4n) is 2.87. The molecule has 4 rings (SSSR count). The molecule has 0 fully saturated rings. The van der Waals surface area contributed by atoms with Gasteiger partial charge < -0.3 is 24.5 Å². The second-order valence-electron chi connectivity index (χ2n) is 6.44. The van der Waals surface area contributed by atoms with Crippen LogP contribution in [0.25, 0.3) is 11.1 Å². The molecule has 0 spiro atoms. The second-order valence-corrected chi connectivity index (χ2v) is 6.44. The number of nitrogens with zero attached hydrogens (tertiary/aromatic N) is 2. The van der Waals surface area contributed by atoms with Crippen molar-refractivity contribution in [2.24, 2.45) is 0 Å². The van der Waals surface area contributed by atoms with Crippen molar-refractivity contribution < 1.29 is 22.7 Å². The van der Waals surface area contributed by atoms with Crippen LogP contribution in [0.2, 0.25) is 0 Å². The molecular weight excluding hydrogens is 412 g/mol. The van der Waals surface area contributed by atoms with Gasteiger partial charge in [0.05, 0.1) is 12.6 Å². The van der Waals surface area contributed by atoms with E-state index < -0.39 is 12.4 Å². The predicted octanol–water partition coefficient (Wildman–Crippen LogP) is 4.32. The molecular formula is C20H17F2N5O4. The van der Waals surface area contributed by atoms with Gasteiger partial charge in [-0.3, -0.25) is 4.98 Å².